The number of hydrogen-bond acceptors (Lipinski definition) is 5. The zero-order chi connectivity index (χ0) is 23.5. The average Bonchev–Trinajstić information content (AvgIpc) is 3.08. The molecule has 6 nitrogen and oxygen atoms in total. The standard InChI is InChI=1S/C27H35N3O3/c1-18(2)26-23-15-24(25(31)14-19(23)7-5-10-28-26)27(32)30-16-20-8-9-22(13-21(20)17-30)33-12-6-11-29(3)4/h8-9,13-15,18,31H,5-7,10-12,16-17H2,1-4H3. The number of aryl methyl sites for hydroxylation is 1. The maximum absolute atomic E-state index is 13.4. The molecule has 1 amide bonds. The normalized spacial score (nSPS) is 15.3. The molecule has 0 saturated heterocycles. The summed E-state index contributed by atoms with van der Waals surface area (Å²) in [6.45, 7) is 7.75. The molecule has 0 saturated carbocycles. The van der Waals surface area contributed by atoms with Gasteiger partial charge in [-0.3, -0.25) is 9.79 Å². The predicted molar refractivity (Wildman–Crippen MR) is 131 cm³/mol. The van der Waals surface area contributed by atoms with Crippen molar-refractivity contribution < 1.29 is 14.6 Å². The van der Waals surface area contributed by atoms with Crippen LogP contribution in [0.15, 0.2) is 35.3 Å². The van der Waals surface area contributed by atoms with Gasteiger partial charge in [-0.1, -0.05) is 19.9 Å². The third kappa shape index (κ3) is 5.22. The first-order chi connectivity index (χ1) is 15.8. The second kappa shape index (κ2) is 9.96. The molecule has 2 aliphatic heterocycles. The van der Waals surface area contributed by atoms with Crippen LogP contribution in [0.4, 0.5) is 0 Å². The number of amides is 1. The molecule has 2 aromatic rings. The van der Waals surface area contributed by atoms with Gasteiger partial charge in [-0.15, -0.1) is 0 Å². The first kappa shape index (κ1) is 23.3. The molecule has 2 heterocycles. The zero-order valence-electron chi connectivity index (χ0n) is 20.2. The Morgan fingerprint density at radius 2 is 1.94 bits per heavy atom. The van der Waals surface area contributed by atoms with Crippen LogP contribution in [0.5, 0.6) is 11.5 Å². The van der Waals surface area contributed by atoms with Crippen LogP contribution in [0.25, 0.3) is 0 Å². The molecule has 2 aliphatic rings. The minimum absolute atomic E-state index is 0.0598. The molecule has 0 radical (unpaired) electrons. The van der Waals surface area contributed by atoms with E-state index in [0.29, 0.717) is 25.3 Å². The summed E-state index contributed by atoms with van der Waals surface area (Å²) in [6.07, 6.45) is 2.79. The van der Waals surface area contributed by atoms with Crippen LogP contribution in [-0.4, -0.2) is 60.3 Å². The molecule has 33 heavy (non-hydrogen) atoms. The highest BCUT2D eigenvalue weighted by molar-refractivity contribution is 6.06. The van der Waals surface area contributed by atoms with Gasteiger partial charge < -0.3 is 19.6 Å². The fraction of sp³-hybridized carbons (Fsp3) is 0.481. The number of phenolic OH excluding ortho intramolecular Hbond substituents is 1. The van der Waals surface area contributed by atoms with Gasteiger partial charge in [0.05, 0.1) is 12.2 Å². The van der Waals surface area contributed by atoms with Gasteiger partial charge in [-0.25, -0.2) is 0 Å². The van der Waals surface area contributed by atoms with E-state index < -0.39 is 0 Å². The number of rotatable bonds is 7. The van der Waals surface area contributed by atoms with Crippen molar-refractivity contribution in [1.82, 2.24) is 9.80 Å². The van der Waals surface area contributed by atoms with Gasteiger partial charge in [0.15, 0.2) is 0 Å². The van der Waals surface area contributed by atoms with Crippen molar-refractivity contribution >= 4 is 11.6 Å². The van der Waals surface area contributed by atoms with Gasteiger partial charge in [-0.05, 0) is 80.2 Å². The van der Waals surface area contributed by atoms with Crippen LogP contribution in [0.2, 0.25) is 0 Å². The highest BCUT2D eigenvalue weighted by Gasteiger charge is 2.28. The zero-order valence-corrected chi connectivity index (χ0v) is 20.2. The molecule has 0 spiro atoms. The molecule has 0 atom stereocenters. The van der Waals surface area contributed by atoms with Crippen molar-refractivity contribution in [2.75, 3.05) is 33.8 Å². The fourth-order valence-electron chi connectivity index (χ4n) is 4.64. The summed E-state index contributed by atoms with van der Waals surface area (Å²) in [7, 11) is 4.11. The third-order valence-electron chi connectivity index (χ3n) is 6.37. The van der Waals surface area contributed by atoms with Crippen LogP contribution < -0.4 is 4.74 Å². The Kier molecular flexibility index (Phi) is 7.03. The Morgan fingerprint density at radius 1 is 1.15 bits per heavy atom. The SMILES string of the molecule is CC(C)C1=NCCCc2cc(O)c(C(=O)N3Cc4ccc(OCCCN(C)C)cc4C3)cc21. The van der Waals surface area contributed by atoms with E-state index >= 15 is 0 Å². The quantitative estimate of drug-likeness (QED) is 0.641. The molecule has 176 valence electrons. The van der Waals surface area contributed by atoms with Gasteiger partial charge in [0.25, 0.3) is 5.91 Å². The van der Waals surface area contributed by atoms with Crippen LogP contribution in [0.3, 0.4) is 0 Å². The van der Waals surface area contributed by atoms with E-state index in [4.69, 9.17) is 9.73 Å². The maximum atomic E-state index is 13.4. The highest BCUT2D eigenvalue weighted by atomic mass is 16.5. The Hall–Kier alpha value is -2.86. The van der Waals surface area contributed by atoms with Crippen molar-refractivity contribution in [2.24, 2.45) is 10.9 Å². The second-order valence-electron chi connectivity index (χ2n) is 9.65. The summed E-state index contributed by atoms with van der Waals surface area (Å²) in [5.41, 5.74) is 5.70. The van der Waals surface area contributed by atoms with E-state index in [1.165, 1.54) is 0 Å². The van der Waals surface area contributed by atoms with Gasteiger partial charge >= 0.3 is 0 Å². The molecular weight excluding hydrogens is 414 g/mol. The van der Waals surface area contributed by atoms with E-state index in [1.807, 2.05) is 24.3 Å². The van der Waals surface area contributed by atoms with Crippen LogP contribution in [-0.2, 0) is 19.5 Å². The lowest BCUT2D eigenvalue weighted by Gasteiger charge is -2.19. The molecule has 0 aromatic heterocycles. The van der Waals surface area contributed by atoms with Crippen molar-refractivity contribution in [3.05, 3.63) is 58.1 Å². The Balaban J connectivity index is 1.50. The summed E-state index contributed by atoms with van der Waals surface area (Å²) in [4.78, 5) is 22.1. The predicted octanol–water partition coefficient (Wildman–Crippen LogP) is 4.27. The summed E-state index contributed by atoms with van der Waals surface area (Å²) in [6, 6.07) is 9.70. The Labute approximate surface area is 196 Å². The lowest BCUT2D eigenvalue weighted by atomic mass is 9.92. The summed E-state index contributed by atoms with van der Waals surface area (Å²) >= 11 is 0. The minimum Gasteiger partial charge on any atom is -0.507 e. The van der Waals surface area contributed by atoms with E-state index in [1.54, 1.807) is 11.0 Å². The first-order valence-corrected chi connectivity index (χ1v) is 11.9. The first-order valence-electron chi connectivity index (χ1n) is 11.9. The van der Waals surface area contributed by atoms with Gasteiger partial charge in [0, 0.05) is 37.5 Å². The number of hydrogen-bond donors (Lipinski definition) is 1. The lowest BCUT2D eigenvalue weighted by Crippen LogP contribution is -2.26. The molecule has 0 unspecified atom stereocenters. The third-order valence-corrected chi connectivity index (χ3v) is 6.37. The topological polar surface area (TPSA) is 65.4 Å². The van der Waals surface area contributed by atoms with E-state index in [-0.39, 0.29) is 17.6 Å². The Morgan fingerprint density at radius 3 is 2.70 bits per heavy atom. The lowest BCUT2D eigenvalue weighted by molar-refractivity contribution is 0.0748. The number of carbonyl (C=O) groups is 1. The number of benzene rings is 2. The second-order valence-corrected chi connectivity index (χ2v) is 9.65. The largest absolute Gasteiger partial charge is 0.507 e. The molecule has 0 fully saturated rings. The molecule has 2 aromatic carbocycles. The van der Waals surface area contributed by atoms with Crippen LogP contribution >= 0.6 is 0 Å². The minimum atomic E-state index is -0.146. The number of aliphatic imine (C=N–C) groups is 1. The molecular formula is C27H35N3O3. The number of phenols is 1. The molecule has 6 heteroatoms. The van der Waals surface area contributed by atoms with Gasteiger partial charge in [0.1, 0.15) is 11.5 Å². The van der Waals surface area contributed by atoms with Crippen LogP contribution in [0.1, 0.15) is 59.3 Å². The van der Waals surface area contributed by atoms with Crippen molar-refractivity contribution in [3.63, 3.8) is 0 Å². The van der Waals surface area contributed by atoms with Gasteiger partial charge in [0.2, 0.25) is 0 Å². The molecule has 1 N–H and O–H groups in total. The summed E-state index contributed by atoms with van der Waals surface area (Å²) in [5.74, 6) is 1.02. The van der Waals surface area contributed by atoms with Crippen LogP contribution in [0, 0.1) is 5.92 Å². The number of aromatic hydroxyl groups is 1. The number of fused-ring (bicyclic) bond motifs is 2. The van der Waals surface area contributed by atoms with Crippen molar-refractivity contribution in [1.29, 1.82) is 0 Å². The average molecular weight is 450 g/mol. The van der Waals surface area contributed by atoms with Crippen molar-refractivity contribution in [3.8, 4) is 11.5 Å². The number of nitrogens with zero attached hydrogens (tertiary/aromatic N) is 3. The number of ether oxygens (including phenoxy) is 1. The smallest absolute Gasteiger partial charge is 0.258 e. The van der Waals surface area contributed by atoms with Crippen molar-refractivity contribution in [2.45, 2.75) is 46.2 Å². The van der Waals surface area contributed by atoms with E-state index in [9.17, 15) is 9.90 Å². The molecule has 0 aliphatic carbocycles. The van der Waals surface area contributed by atoms with E-state index in [2.05, 4.69) is 32.8 Å². The molecule has 4 rings (SSSR count). The monoisotopic (exact) mass is 449 g/mol. The fourth-order valence-corrected chi connectivity index (χ4v) is 4.64. The summed E-state index contributed by atoms with van der Waals surface area (Å²) < 4.78 is 5.91. The maximum Gasteiger partial charge on any atom is 0.258 e. The summed E-state index contributed by atoms with van der Waals surface area (Å²) in [5, 5.41) is 10.7. The van der Waals surface area contributed by atoms with Gasteiger partial charge in [-0.2, -0.15) is 0 Å². The Bertz CT molecular complexity index is 1060. The highest BCUT2D eigenvalue weighted by Crippen LogP contribution is 2.32. The molecule has 0 bridgehead atoms. The van der Waals surface area contributed by atoms with E-state index in [0.717, 1.165) is 66.1 Å². The number of carbonyl (C=O) groups excluding carboxylic acids is 1.